The van der Waals surface area contributed by atoms with E-state index in [0.717, 1.165) is 19.1 Å². The molecule has 0 aromatic heterocycles. The Bertz CT molecular complexity index is 266. The van der Waals surface area contributed by atoms with Crippen molar-refractivity contribution >= 4 is 24.7 Å². The number of allylic oxidation sites excluding steroid dienone is 1. The van der Waals surface area contributed by atoms with Crippen molar-refractivity contribution in [2.75, 3.05) is 0 Å². The van der Waals surface area contributed by atoms with Crippen LogP contribution in [-0.2, 0) is 4.79 Å². The Balaban J connectivity index is 4.50. The van der Waals surface area contributed by atoms with Gasteiger partial charge in [0.25, 0.3) is 0 Å². The first kappa shape index (κ1) is 23.2. The van der Waals surface area contributed by atoms with Crippen LogP contribution in [0, 0.1) is 5.92 Å². The van der Waals surface area contributed by atoms with E-state index in [-0.39, 0.29) is 5.92 Å². The molecule has 0 rings (SSSR count). The van der Waals surface area contributed by atoms with Gasteiger partial charge in [0, 0.05) is 0 Å². The van der Waals surface area contributed by atoms with E-state index in [4.69, 9.17) is 0 Å². The summed E-state index contributed by atoms with van der Waals surface area (Å²) >= 11 is -1.91. The van der Waals surface area contributed by atoms with Gasteiger partial charge in [0.1, 0.15) is 0 Å². The van der Waals surface area contributed by atoms with Crippen LogP contribution in [0.25, 0.3) is 0 Å². The van der Waals surface area contributed by atoms with Gasteiger partial charge < -0.3 is 0 Å². The summed E-state index contributed by atoms with van der Waals surface area (Å²) in [6, 6.07) is 0. The summed E-state index contributed by atoms with van der Waals surface area (Å²) in [5, 5.41) is 0. The molecule has 0 spiro atoms. The van der Waals surface area contributed by atoms with Gasteiger partial charge in [-0.1, -0.05) is 0 Å². The molecule has 0 heterocycles. The molecule has 0 aliphatic heterocycles. The fourth-order valence-corrected chi connectivity index (χ4v) is 20.4. The summed E-state index contributed by atoms with van der Waals surface area (Å²) < 4.78 is 6.44. The molecule has 0 aliphatic rings. The number of aldehydes is 1. The third-order valence-electron chi connectivity index (χ3n) is 5.38. The average molecular weight is 429 g/mol. The summed E-state index contributed by atoms with van der Waals surface area (Å²) in [5.41, 5.74) is 0. The molecule has 23 heavy (non-hydrogen) atoms. The molecule has 2 heteroatoms. The predicted octanol–water partition coefficient (Wildman–Crippen LogP) is 7.40. The minimum absolute atomic E-state index is 0.221. The zero-order valence-corrected chi connectivity index (χ0v) is 19.1. The van der Waals surface area contributed by atoms with Crippen LogP contribution in [0.3, 0.4) is 0 Å². The predicted molar refractivity (Wildman–Crippen MR) is 108 cm³/mol. The van der Waals surface area contributed by atoms with E-state index in [9.17, 15) is 4.79 Å². The van der Waals surface area contributed by atoms with Gasteiger partial charge in [-0.05, 0) is 0 Å². The van der Waals surface area contributed by atoms with E-state index in [1.54, 1.807) is 17.7 Å². The summed E-state index contributed by atoms with van der Waals surface area (Å²) in [6.07, 6.45) is 16.1. The molecule has 0 aromatic carbocycles. The molecule has 0 amide bonds. The van der Waals surface area contributed by atoms with Crippen LogP contribution in [0.2, 0.25) is 17.7 Å². The zero-order valence-electron chi connectivity index (χ0n) is 16.2. The molecule has 0 aromatic rings. The van der Waals surface area contributed by atoms with Gasteiger partial charge in [-0.3, -0.25) is 0 Å². The Kier molecular flexibility index (Phi) is 15.9. The van der Waals surface area contributed by atoms with Crippen LogP contribution in [0.15, 0.2) is 12.7 Å². The third-order valence-corrected chi connectivity index (χ3v) is 21.5. The van der Waals surface area contributed by atoms with E-state index in [0.29, 0.717) is 0 Å². The number of rotatable bonds is 17. The van der Waals surface area contributed by atoms with Crippen LogP contribution in [0.4, 0.5) is 0 Å². The van der Waals surface area contributed by atoms with Gasteiger partial charge in [-0.15, -0.1) is 0 Å². The quantitative estimate of drug-likeness (QED) is 0.102. The molecule has 1 unspecified atom stereocenters. The molecule has 136 valence electrons. The van der Waals surface area contributed by atoms with Crippen LogP contribution in [0.5, 0.6) is 0 Å². The molecule has 0 radical (unpaired) electrons. The molecular weight excluding hydrogens is 387 g/mol. The first-order valence-corrected chi connectivity index (χ1v) is 18.3. The van der Waals surface area contributed by atoms with Gasteiger partial charge in [-0.25, -0.2) is 0 Å². The van der Waals surface area contributed by atoms with Gasteiger partial charge >= 0.3 is 151 Å². The Labute approximate surface area is 150 Å². The van der Waals surface area contributed by atoms with Gasteiger partial charge in [-0.2, -0.15) is 0 Å². The van der Waals surface area contributed by atoms with Crippen LogP contribution in [-0.4, -0.2) is 24.7 Å². The van der Waals surface area contributed by atoms with Crippen molar-refractivity contribution < 1.29 is 4.79 Å². The van der Waals surface area contributed by atoms with Crippen LogP contribution < -0.4 is 0 Å². The topological polar surface area (TPSA) is 17.1 Å². The minimum atomic E-state index is -1.91. The fraction of sp³-hybridized carbons (Fsp3) is 0.857. The summed E-state index contributed by atoms with van der Waals surface area (Å²) in [5.74, 6) is 0.221. The number of unbranched alkanes of at least 4 members (excludes halogenated alkanes) is 4. The van der Waals surface area contributed by atoms with Gasteiger partial charge in [0.2, 0.25) is 0 Å². The molecule has 1 nitrogen and oxygen atoms in total. The molecule has 0 fully saturated rings. The maximum absolute atomic E-state index is 11.1. The molecule has 1 atom stereocenters. The normalized spacial score (nSPS) is 13.0. The number of carbonyl (C=O) groups excluding carboxylic acids is 1. The SMILES string of the molecule is C=CCC(C=O)CCC[CH2][Sn]([CH2]CCC)([CH2]CCC)[CH2]CCC. The number of hydrogen-bond acceptors (Lipinski definition) is 1. The average Bonchev–Trinajstić information content (AvgIpc) is 2.58. The first-order chi connectivity index (χ1) is 11.2. The Morgan fingerprint density at radius 2 is 1.30 bits per heavy atom. The van der Waals surface area contributed by atoms with Crippen molar-refractivity contribution in [2.24, 2.45) is 5.92 Å². The summed E-state index contributed by atoms with van der Waals surface area (Å²) in [4.78, 5) is 11.1. The van der Waals surface area contributed by atoms with E-state index < -0.39 is 18.4 Å². The number of hydrogen-bond donors (Lipinski definition) is 0. The second kappa shape index (κ2) is 15.7. The Morgan fingerprint density at radius 1 is 0.826 bits per heavy atom. The van der Waals surface area contributed by atoms with Crippen molar-refractivity contribution in [1.82, 2.24) is 0 Å². The Hall–Kier alpha value is 0.209. The molecule has 0 saturated carbocycles. The fourth-order valence-electron chi connectivity index (χ4n) is 3.77. The second-order valence-corrected chi connectivity index (χ2v) is 21.7. The molecular formula is C21H42OSn. The standard InChI is InChI=1S/C9H15O.3C4H9.Sn/c1-3-5-7-9(8-10)6-4-2;3*1-3-4-2;/h4,8-9H,1-3,5-7H2;3*1,3-4H2,2H3;. The molecule has 0 bridgehead atoms. The van der Waals surface area contributed by atoms with Crippen molar-refractivity contribution in [3.63, 3.8) is 0 Å². The monoisotopic (exact) mass is 430 g/mol. The van der Waals surface area contributed by atoms with E-state index >= 15 is 0 Å². The van der Waals surface area contributed by atoms with E-state index in [2.05, 4.69) is 27.4 Å². The van der Waals surface area contributed by atoms with E-state index in [1.165, 1.54) is 51.4 Å². The van der Waals surface area contributed by atoms with Crippen molar-refractivity contribution in [3.8, 4) is 0 Å². The molecule has 0 aliphatic carbocycles. The van der Waals surface area contributed by atoms with Gasteiger partial charge in [0.05, 0.1) is 0 Å². The van der Waals surface area contributed by atoms with Crippen LogP contribution in [0.1, 0.15) is 85.0 Å². The molecule has 0 saturated heterocycles. The van der Waals surface area contributed by atoms with Crippen molar-refractivity contribution in [2.45, 2.75) is 103 Å². The second-order valence-electron chi connectivity index (χ2n) is 7.48. The Morgan fingerprint density at radius 3 is 1.70 bits per heavy atom. The summed E-state index contributed by atoms with van der Waals surface area (Å²) in [6.45, 7) is 10.8. The van der Waals surface area contributed by atoms with Gasteiger partial charge in [0.15, 0.2) is 0 Å². The van der Waals surface area contributed by atoms with E-state index in [1.807, 2.05) is 6.08 Å². The zero-order chi connectivity index (χ0) is 17.4. The van der Waals surface area contributed by atoms with Crippen LogP contribution >= 0.6 is 0 Å². The summed E-state index contributed by atoms with van der Waals surface area (Å²) in [7, 11) is 0. The van der Waals surface area contributed by atoms with Crippen molar-refractivity contribution in [1.29, 1.82) is 0 Å². The first-order valence-electron chi connectivity index (χ1n) is 10.2. The third kappa shape index (κ3) is 11.4. The number of carbonyl (C=O) groups is 1. The van der Waals surface area contributed by atoms with Crippen molar-refractivity contribution in [3.05, 3.63) is 12.7 Å². The molecule has 0 N–H and O–H groups in total. The maximum atomic E-state index is 11.1.